The molecule has 3 aromatic carbocycles. The summed E-state index contributed by atoms with van der Waals surface area (Å²) in [5, 5.41) is 3.63. The van der Waals surface area contributed by atoms with Crippen molar-refractivity contribution < 1.29 is 28.7 Å². The standard InChI is InChI=1S/C36H31N3O7S2/c1-2-45-35(43)18-12-14-19(15-13-18)37-25(40)17-46-24-11-7-6-10-21(24)26-27-22-16-23(30(27)47-32-31(26)48-36(44)38-32)29-28(22)33(41)39(34(29)42)20-8-4-3-5-9-20/h3-15,22-23,26-30H,2,16-17H2,1H3,(H,37,40)(H,38,44)/t22?,23?,26-,27?,28?,29?,30?/m1/s1. The summed E-state index contributed by atoms with van der Waals surface area (Å²) in [5.41, 5.74) is 2.34. The van der Waals surface area contributed by atoms with Crippen molar-refractivity contribution in [2.45, 2.75) is 29.5 Å². The summed E-state index contributed by atoms with van der Waals surface area (Å²) in [7, 11) is 0. The highest BCUT2D eigenvalue weighted by molar-refractivity contribution is 8.00. The number of amides is 3. The first kappa shape index (κ1) is 30.6. The van der Waals surface area contributed by atoms with Gasteiger partial charge in [-0.3, -0.25) is 24.1 Å². The lowest BCUT2D eigenvalue weighted by atomic mass is 9.68. The Morgan fingerprint density at radius 3 is 2.38 bits per heavy atom. The highest BCUT2D eigenvalue weighted by Gasteiger charge is 2.69. The predicted octanol–water partition coefficient (Wildman–Crippen LogP) is 5.31. The number of esters is 1. The van der Waals surface area contributed by atoms with Crippen molar-refractivity contribution in [1.82, 2.24) is 4.98 Å². The summed E-state index contributed by atoms with van der Waals surface area (Å²) in [6, 6.07) is 23.1. The number of rotatable bonds is 8. The van der Waals surface area contributed by atoms with Gasteiger partial charge in [-0.25, -0.2) is 4.79 Å². The molecule has 3 amide bonds. The molecule has 48 heavy (non-hydrogen) atoms. The molecular weight excluding hydrogens is 651 g/mol. The van der Waals surface area contributed by atoms with Crippen LogP contribution in [0.25, 0.3) is 0 Å². The number of benzene rings is 3. The number of aromatic nitrogens is 1. The summed E-state index contributed by atoms with van der Waals surface area (Å²) in [6.45, 7) is 1.74. The lowest BCUT2D eigenvalue weighted by Crippen LogP contribution is -2.42. The number of hydrogen-bond donors (Lipinski definition) is 2. The Labute approximate surface area is 283 Å². The fourth-order valence-corrected chi connectivity index (χ4v) is 11.2. The van der Waals surface area contributed by atoms with Gasteiger partial charge in [0, 0.05) is 27.3 Å². The summed E-state index contributed by atoms with van der Waals surface area (Å²) in [6.07, 6.45) is 0.772. The van der Waals surface area contributed by atoms with Crippen LogP contribution in [0.1, 0.15) is 40.1 Å². The van der Waals surface area contributed by atoms with Gasteiger partial charge in [0.05, 0.1) is 34.7 Å². The molecule has 244 valence electrons. The van der Waals surface area contributed by atoms with Gasteiger partial charge in [0.25, 0.3) is 5.91 Å². The topological polar surface area (TPSA) is 135 Å². The molecule has 3 fully saturated rings. The molecule has 4 aromatic rings. The van der Waals surface area contributed by atoms with Crippen LogP contribution in [0.15, 0.2) is 88.7 Å². The van der Waals surface area contributed by atoms with Gasteiger partial charge in [-0.05, 0) is 73.6 Å². The third-order valence-corrected chi connectivity index (χ3v) is 12.6. The zero-order valence-corrected chi connectivity index (χ0v) is 27.4. The number of imide groups is 1. The maximum absolute atomic E-state index is 14.0. The minimum absolute atomic E-state index is 0.00621. The van der Waals surface area contributed by atoms with E-state index in [0.717, 1.165) is 21.9 Å². The third-order valence-electron chi connectivity index (χ3n) is 10.0. The summed E-state index contributed by atoms with van der Waals surface area (Å²) >= 11 is 2.80. The molecule has 0 spiro atoms. The van der Waals surface area contributed by atoms with Crippen LogP contribution >= 0.6 is 23.1 Å². The van der Waals surface area contributed by atoms with E-state index in [1.807, 2.05) is 42.5 Å². The average molecular weight is 682 g/mol. The van der Waals surface area contributed by atoms with Crippen molar-refractivity contribution >= 4 is 58.2 Å². The number of carbonyl (C=O) groups excluding carboxylic acids is 4. The van der Waals surface area contributed by atoms with E-state index in [-0.39, 0.29) is 70.6 Å². The fourth-order valence-electron chi connectivity index (χ4n) is 8.31. The van der Waals surface area contributed by atoms with Gasteiger partial charge < -0.3 is 19.8 Å². The number of nitrogens with one attached hydrogen (secondary N) is 2. The first-order chi connectivity index (χ1) is 23.3. The number of para-hydroxylation sites is 2. The lowest BCUT2D eigenvalue weighted by molar-refractivity contribution is -0.123. The number of carbonyl (C=O) groups is 4. The molecule has 10 nitrogen and oxygen atoms in total. The fraction of sp³-hybridized carbons (Fsp3) is 0.306. The molecule has 2 N–H and O–H groups in total. The minimum Gasteiger partial charge on any atom is -0.483 e. The average Bonchev–Trinajstić information content (AvgIpc) is 3.83. The van der Waals surface area contributed by atoms with E-state index < -0.39 is 11.9 Å². The van der Waals surface area contributed by atoms with Crippen molar-refractivity contribution in [1.29, 1.82) is 0 Å². The zero-order valence-electron chi connectivity index (χ0n) is 25.8. The van der Waals surface area contributed by atoms with Gasteiger partial charge >= 0.3 is 10.8 Å². The third kappa shape index (κ3) is 4.96. The molecule has 1 saturated heterocycles. The SMILES string of the molecule is CCOC(=O)c1ccc(NC(=O)COc2ccccc2[C@H]2c3sc(=O)[nH]c3SC3C4CC(C5C(=O)N(c6ccccc6)C(=O)C45)C32)cc1. The maximum Gasteiger partial charge on any atom is 0.338 e. The monoisotopic (exact) mass is 681 g/mol. The molecule has 0 radical (unpaired) electrons. The molecule has 2 saturated carbocycles. The van der Waals surface area contributed by atoms with Crippen LogP contribution in [0, 0.1) is 29.6 Å². The highest BCUT2D eigenvalue weighted by atomic mass is 32.2. The van der Waals surface area contributed by atoms with Crippen molar-refractivity contribution in [3.8, 4) is 5.75 Å². The Morgan fingerprint density at radius 2 is 1.62 bits per heavy atom. The molecule has 2 bridgehead atoms. The van der Waals surface area contributed by atoms with Crippen LogP contribution in [0.5, 0.6) is 5.75 Å². The van der Waals surface area contributed by atoms with Crippen LogP contribution in [-0.4, -0.2) is 47.1 Å². The van der Waals surface area contributed by atoms with Gasteiger partial charge in [-0.15, -0.1) is 11.8 Å². The second kappa shape index (κ2) is 12.1. The van der Waals surface area contributed by atoms with Crippen LogP contribution in [0.2, 0.25) is 0 Å². The van der Waals surface area contributed by atoms with Crippen molar-refractivity contribution in [2.75, 3.05) is 23.4 Å². The summed E-state index contributed by atoms with van der Waals surface area (Å²) in [4.78, 5) is 70.6. The molecule has 6 unspecified atom stereocenters. The Balaban J connectivity index is 1.07. The lowest BCUT2D eigenvalue weighted by Gasteiger charge is -2.43. The normalized spacial score (nSPS) is 26.5. The Morgan fingerprint density at radius 1 is 0.917 bits per heavy atom. The van der Waals surface area contributed by atoms with Crippen LogP contribution in [-0.2, 0) is 19.1 Å². The largest absolute Gasteiger partial charge is 0.483 e. The second-order valence-corrected chi connectivity index (χ2v) is 14.7. The van der Waals surface area contributed by atoms with E-state index in [2.05, 4.69) is 10.3 Å². The van der Waals surface area contributed by atoms with Crippen LogP contribution in [0.4, 0.5) is 11.4 Å². The number of fused-ring (bicyclic) bond motifs is 9. The maximum atomic E-state index is 14.0. The molecule has 4 aliphatic rings. The van der Waals surface area contributed by atoms with Crippen LogP contribution in [0.3, 0.4) is 0 Å². The Hall–Kier alpha value is -4.68. The second-order valence-electron chi connectivity index (χ2n) is 12.5. The van der Waals surface area contributed by atoms with Crippen molar-refractivity contribution in [2.24, 2.45) is 29.6 Å². The van der Waals surface area contributed by atoms with Crippen molar-refractivity contribution in [3.63, 3.8) is 0 Å². The van der Waals surface area contributed by atoms with E-state index in [4.69, 9.17) is 9.47 Å². The summed E-state index contributed by atoms with van der Waals surface area (Å²) < 4.78 is 11.2. The number of anilines is 2. The van der Waals surface area contributed by atoms with E-state index in [1.54, 1.807) is 55.1 Å². The van der Waals surface area contributed by atoms with Gasteiger partial charge in [-0.1, -0.05) is 47.7 Å². The number of thiazole rings is 1. The van der Waals surface area contributed by atoms with Crippen molar-refractivity contribution in [3.05, 3.63) is 105 Å². The molecule has 2 aliphatic heterocycles. The van der Waals surface area contributed by atoms with Gasteiger partial charge in [0.15, 0.2) is 6.61 Å². The number of aromatic amines is 1. The van der Waals surface area contributed by atoms with E-state index in [1.165, 1.54) is 16.2 Å². The number of nitrogens with zero attached hydrogens (tertiary/aromatic N) is 1. The Bertz CT molecular complexity index is 1990. The number of hydrogen-bond acceptors (Lipinski definition) is 9. The number of ether oxygens (including phenoxy) is 2. The molecular formula is C36H31N3O7S2. The quantitative estimate of drug-likeness (QED) is 0.189. The van der Waals surface area contributed by atoms with Gasteiger partial charge in [-0.2, -0.15) is 0 Å². The first-order valence-corrected chi connectivity index (χ1v) is 17.6. The van der Waals surface area contributed by atoms with E-state index >= 15 is 0 Å². The van der Waals surface area contributed by atoms with Gasteiger partial charge in [0.2, 0.25) is 11.8 Å². The summed E-state index contributed by atoms with van der Waals surface area (Å²) in [5.74, 6) is -1.69. The van der Waals surface area contributed by atoms with Gasteiger partial charge in [0.1, 0.15) is 5.75 Å². The Kier molecular flexibility index (Phi) is 7.72. The molecule has 2 aliphatic carbocycles. The zero-order chi connectivity index (χ0) is 33.1. The molecule has 7 atom stereocenters. The molecule has 1 aromatic heterocycles. The number of H-pyrrole nitrogens is 1. The smallest absolute Gasteiger partial charge is 0.338 e. The van der Waals surface area contributed by atoms with Crippen LogP contribution < -0.4 is 19.8 Å². The molecule has 8 rings (SSSR count). The number of thioether (sulfide) groups is 1. The highest BCUT2D eigenvalue weighted by Crippen LogP contribution is 2.69. The van der Waals surface area contributed by atoms with E-state index in [0.29, 0.717) is 22.7 Å². The van der Waals surface area contributed by atoms with E-state index in [9.17, 15) is 24.0 Å². The first-order valence-electron chi connectivity index (χ1n) is 15.9. The molecule has 12 heteroatoms. The predicted molar refractivity (Wildman–Crippen MR) is 180 cm³/mol. The molecule has 3 heterocycles. The minimum atomic E-state index is -0.433.